The molecule has 0 aliphatic carbocycles. The lowest BCUT2D eigenvalue weighted by Crippen LogP contribution is -2.34. The summed E-state index contributed by atoms with van der Waals surface area (Å²) < 4.78 is 48.8. The molecule has 0 bridgehead atoms. The highest BCUT2D eigenvalue weighted by atomic mass is 19.1. The van der Waals surface area contributed by atoms with Crippen LogP contribution in [0.2, 0.25) is 0 Å². The first kappa shape index (κ1) is 65.3. The molecule has 12 heterocycles. The van der Waals surface area contributed by atoms with Gasteiger partial charge in [0, 0.05) is 126 Å². The lowest BCUT2D eigenvalue weighted by Gasteiger charge is -2.29. The molecule has 3 saturated heterocycles. The quantitative estimate of drug-likeness (QED) is 0.0277. The Labute approximate surface area is 562 Å². The van der Waals surface area contributed by atoms with Crippen molar-refractivity contribution in [3.63, 3.8) is 0 Å². The molecule has 0 unspecified atom stereocenters. The van der Waals surface area contributed by atoms with Crippen LogP contribution in [0.3, 0.4) is 0 Å². The van der Waals surface area contributed by atoms with Gasteiger partial charge < -0.3 is 41.1 Å². The summed E-state index contributed by atoms with van der Waals surface area (Å²) in [6.45, 7) is 5.68. The van der Waals surface area contributed by atoms with Gasteiger partial charge in [-0.3, -0.25) is 4.79 Å². The van der Waals surface area contributed by atoms with Crippen LogP contribution >= 0.6 is 0 Å². The van der Waals surface area contributed by atoms with E-state index < -0.39 is 17.5 Å². The molecule has 26 heteroatoms. The Morgan fingerprint density at radius 2 is 0.745 bits per heavy atom. The number of aromatic nitrogens is 12. The predicted octanol–water partition coefficient (Wildman–Crippen LogP) is 12.7. The third-order valence-electron chi connectivity index (χ3n) is 18.0. The van der Waals surface area contributed by atoms with Crippen molar-refractivity contribution in [2.75, 3.05) is 76.4 Å². The number of nitrogens with zero attached hydrogens (tertiary/aromatic N) is 17. The second-order valence-corrected chi connectivity index (χ2v) is 24.7. The number of pyridine rings is 6. The number of carbonyl (C=O) groups excluding carboxylic acids is 1. The Kier molecular flexibility index (Phi) is 19.8. The molecule has 12 aromatic rings. The topological polar surface area (TPSA) is 259 Å². The van der Waals surface area contributed by atoms with Crippen molar-refractivity contribution in [3.8, 4) is 17.1 Å². The summed E-state index contributed by atoms with van der Waals surface area (Å²) in [5, 5.41) is 50.5. The monoisotopic (exact) mass is 1320 g/mol. The molecular weight excluding hydrogens is 1250 g/mol. The van der Waals surface area contributed by atoms with Crippen LogP contribution in [0.15, 0.2) is 193 Å². The van der Waals surface area contributed by atoms with Gasteiger partial charge in [0.25, 0.3) is 0 Å². The molecule has 9 aromatic heterocycles. The van der Waals surface area contributed by atoms with Gasteiger partial charge in [-0.2, -0.15) is 15.3 Å². The van der Waals surface area contributed by atoms with Crippen LogP contribution in [0.25, 0.3) is 49.8 Å². The largest absolute Gasteiger partial charge is 0.411 e. The van der Waals surface area contributed by atoms with Crippen molar-refractivity contribution >= 4 is 84.4 Å². The van der Waals surface area contributed by atoms with Crippen LogP contribution in [-0.2, 0) is 0 Å². The zero-order valence-corrected chi connectivity index (χ0v) is 54.1. The van der Waals surface area contributed by atoms with E-state index in [9.17, 15) is 28.4 Å². The van der Waals surface area contributed by atoms with Crippen LogP contribution in [0.5, 0.6) is 0 Å². The number of likely N-dealkylation sites (tertiary alicyclic amines) is 3. The molecule has 0 saturated carbocycles. The third-order valence-corrected chi connectivity index (χ3v) is 18.0. The molecule has 3 fully saturated rings. The van der Waals surface area contributed by atoms with Crippen molar-refractivity contribution in [1.29, 1.82) is 0 Å². The molecule has 0 amide bonds. The predicted molar refractivity (Wildman–Crippen MR) is 371 cm³/mol. The minimum absolute atomic E-state index is 0.0120. The highest BCUT2D eigenvalue weighted by Crippen LogP contribution is 2.31. The Morgan fingerprint density at radius 3 is 1.05 bits per heavy atom. The van der Waals surface area contributed by atoms with E-state index in [-0.39, 0.29) is 23.5 Å². The SMILES string of the molecule is CN1CCC(/C(=N/O)c2ccc3cnc(Nc4ccc(-n5cccn5)cc4F)cc3n2)CC1.CN1CCC(/C(=N\O)c2ccc3cnc(Nc4ccc(-n5cccn5)cc4F)cc3n2)CC1.CN1CCC(C(=O)c2ccc3cnc(Nc4ccc(-n5cccn5)cc4F)cc3n2)CC1. The number of Topliss-reactive ketones (excluding diaryl/α,β-unsaturated/α-hetero) is 1. The number of fused-ring (bicyclic) bond motifs is 3. The Hall–Kier alpha value is -11.4. The highest BCUT2D eigenvalue weighted by molar-refractivity contribution is 6.03. The average Bonchev–Trinajstić information content (AvgIpc) is 0.861. The van der Waals surface area contributed by atoms with Crippen molar-refractivity contribution in [2.24, 2.45) is 28.1 Å². The van der Waals surface area contributed by atoms with Crippen LogP contribution in [0, 0.1) is 35.2 Å². The second kappa shape index (κ2) is 29.7. The van der Waals surface area contributed by atoms with Gasteiger partial charge in [-0.1, -0.05) is 10.3 Å². The molecule has 15 rings (SSSR count). The van der Waals surface area contributed by atoms with E-state index in [1.165, 1.54) is 18.2 Å². The number of oxime groups is 2. The number of halogens is 3. The van der Waals surface area contributed by atoms with Gasteiger partial charge >= 0.3 is 0 Å². The van der Waals surface area contributed by atoms with Crippen molar-refractivity contribution in [1.82, 2.24) is 73.9 Å². The number of hydrogen-bond donors (Lipinski definition) is 5. The molecule has 0 spiro atoms. The zero-order chi connectivity index (χ0) is 67.7. The minimum Gasteiger partial charge on any atom is -0.411 e. The van der Waals surface area contributed by atoms with Gasteiger partial charge in [-0.15, -0.1) is 0 Å². The maximum absolute atomic E-state index is 14.7. The fourth-order valence-electron chi connectivity index (χ4n) is 12.3. The number of hydrogen-bond acceptors (Lipinski definition) is 20. The number of rotatable bonds is 15. The molecule has 3 aliphatic heterocycles. The van der Waals surface area contributed by atoms with E-state index in [1.807, 2.05) is 30.3 Å². The van der Waals surface area contributed by atoms with Crippen molar-refractivity contribution in [2.45, 2.75) is 38.5 Å². The molecule has 98 heavy (non-hydrogen) atoms. The number of carbonyl (C=O) groups is 1. The first-order chi connectivity index (χ1) is 47.8. The van der Waals surface area contributed by atoms with Crippen molar-refractivity contribution in [3.05, 3.63) is 218 Å². The first-order valence-corrected chi connectivity index (χ1v) is 32.3. The summed E-state index contributed by atoms with van der Waals surface area (Å²) in [4.78, 5) is 46.9. The number of nitrogens with one attached hydrogen (secondary N) is 3. The summed E-state index contributed by atoms with van der Waals surface area (Å²) in [6, 6.07) is 36.3. The fourth-order valence-corrected chi connectivity index (χ4v) is 12.3. The first-order valence-electron chi connectivity index (χ1n) is 32.3. The molecule has 23 nitrogen and oxygen atoms in total. The number of anilines is 6. The normalized spacial score (nSPS) is 15.6. The van der Waals surface area contributed by atoms with Gasteiger partial charge in [0.1, 0.15) is 52.0 Å². The summed E-state index contributed by atoms with van der Waals surface area (Å²) in [6.07, 6.45) is 20.6. The molecule has 498 valence electrons. The lowest BCUT2D eigenvalue weighted by atomic mass is 9.90. The maximum Gasteiger partial charge on any atom is 0.184 e. The zero-order valence-electron chi connectivity index (χ0n) is 54.1. The van der Waals surface area contributed by atoms with Crippen LogP contribution < -0.4 is 16.0 Å². The molecule has 0 atom stereocenters. The lowest BCUT2D eigenvalue weighted by molar-refractivity contribution is 0.0852. The third kappa shape index (κ3) is 15.3. The summed E-state index contributed by atoms with van der Waals surface area (Å²) in [5.41, 5.74) is 7.79. The maximum atomic E-state index is 14.7. The smallest absolute Gasteiger partial charge is 0.184 e. The molecule has 3 aliphatic rings. The van der Waals surface area contributed by atoms with Gasteiger partial charge in [0.2, 0.25) is 0 Å². The van der Waals surface area contributed by atoms with E-state index >= 15 is 0 Å². The van der Waals surface area contributed by atoms with Crippen LogP contribution in [0.1, 0.15) is 60.4 Å². The molecule has 3 aromatic carbocycles. The van der Waals surface area contributed by atoms with E-state index in [2.05, 4.69) is 97.3 Å². The standard InChI is InChI=1S/2C24H24FN7O.C24H23FN6O/c2*1-31-11-7-16(8-12-31)24(30-33)21-5-3-17-15-26-23(14-22(17)28-21)29-20-6-4-18(13-19(20)25)32-10-2-9-27-32;1-30-11-7-16(8-12-30)24(32)21-5-3-17-15-26-23(14-22(17)28-21)29-20-6-4-18(13-19(20)25)31-10-2-9-27-31/h2*2-6,9-10,13-16,33H,7-8,11-12H2,1H3,(H,26,29);2-6,9-10,13-16H,7-8,11-12H2,1H3,(H,26,29)/b30-24+;30-24-;. The summed E-state index contributed by atoms with van der Waals surface area (Å²) in [5.74, 6) is 0.589. The number of ketones is 1. The summed E-state index contributed by atoms with van der Waals surface area (Å²) >= 11 is 0. The molecular formula is C72H71F3N20O3. The van der Waals surface area contributed by atoms with Gasteiger partial charge in [0.05, 0.1) is 62.1 Å². The number of benzene rings is 3. The highest BCUT2D eigenvalue weighted by Gasteiger charge is 2.28. The van der Waals surface area contributed by atoms with Crippen LogP contribution in [0.4, 0.5) is 47.7 Å². The minimum atomic E-state index is -0.418. The van der Waals surface area contributed by atoms with Crippen molar-refractivity contribution < 1.29 is 28.4 Å². The Balaban J connectivity index is 0.000000132. The van der Waals surface area contributed by atoms with E-state index in [1.54, 1.807) is 149 Å². The fraction of sp³-hybridized carbons (Fsp3) is 0.250. The Morgan fingerprint density at radius 1 is 0.429 bits per heavy atom. The van der Waals surface area contributed by atoms with Gasteiger partial charge in [0.15, 0.2) is 5.78 Å². The summed E-state index contributed by atoms with van der Waals surface area (Å²) in [7, 11) is 6.26. The van der Waals surface area contributed by atoms with E-state index in [0.717, 1.165) is 94.0 Å². The Bertz CT molecular complexity index is 4620. The van der Waals surface area contributed by atoms with Crippen LogP contribution in [-0.4, -0.2) is 162 Å². The average molecular weight is 1320 g/mol. The van der Waals surface area contributed by atoms with E-state index in [0.29, 0.717) is 96.6 Å². The van der Waals surface area contributed by atoms with Gasteiger partial charge in [-0.25, -0.2) is 57.1 Å². The molecule has 5 N–H and O–H groups in total. The number of piperidine rings is 3. The molecule has 0 radical (unpaired) electrons. The van der Waals surface area contributed by atoms with Gasteiger partial charge in [-0.05, 0) is 190 Å². The van der Waals surface area contributed by atoms with E-state index in [4.69, 9.17) is 9.97 Å². The second-order valence-electron chi connectivity index (χ2n) is 24.7.